The zero-order valence-electron chi connectivity index (χ0n) is 10.5. The summed E-state index contributed by atoms with van der Waals surface area (Å²) in [6, 6.07) is 3.40. The van der Waals surface area contributed by atoms with Gasteiger partial charge in [-0.1, -0.05) is 0 Å². The molecule has 0 radical (unpaired) electrons. The Bertz CT molecular complexity index is 498. The summed E-state index contributed by atoms with van der Waals surface area (Å²) in [7, 11) is 0. The lowest BCUT2D eigenvalue weighted by Gasteiger charge is -2.23. The predicted molar refractivity (Wildman–Crippen MR) is 68.3 cm³/mol. The second-order valence-electron chi connectivity index (χ2n) is 4.65. The molecule has 1 fully saturated rings. The van der Waals surface area contributed by atoms with Crippen LogP contribution in [0.4, 0.5) is 5.69 Å². The second kappa shape index (κ2) is 4.97. The zero-order chi connectivity index (χ0) is 13.2. The van der Waals surface area contributed by atoms with Crippen molar-refractivity contribution in [3.63, 3.8) is 0 Å². The lowest BCUT2D eigenvalue weighted by molar-refractivity contribution is 0.0696. The molecule has 2 heterocycles. The Kier molecular flexibility index (Phi) is 3.16. The number of hydrogen-bond acceptors (Lipinski definition) is 5. The van der Waals surface area contributed by atoms with Gasteiger partial charge in [0.1, 0.15) is 0 Å². The summed E-state index contributed by atoms with van der Waals surface area (Å²) >= 11 is 0. The van der Waals surface area contributed by atoms with Gasteiger partial charge in [-0.15, -0.1) is 0 Å². The molecule has 6 heteroatoms. The van der Waals surface area contributed by atoms with Crippen LogP contribution in [0.2, 0.25) is 0 Å². The van der Waals surface area contributed by atoms with Crippen LogP contribution >= 0.6 is 0 Å². The van der Waals surface area contributed by atoms with Gasteiger partial charge < -0.3 is 25.3 Å². The molecule has 1 amide bonds. The number of nitrogen functional groups attached to an aromatic ring is 1. The molecule has 3 N–H and O–H groups in total. The molecule has 1 saturated heterocycles. The number of nitrogens with two attached hydrogens (primary N) is 1. The van der Waals surface area contributed by atoms with Crippen LogP contribution in [-0.2, 0) is 4.74 Å². The van der Waals surface area contributed by atoms with Crippen molar-refractivity contribution in [3.8, 4) is 11.5 Å². The summed E-state index contributed by atoms with van der Waals surface area (Å²) in [4.78, 5) is 12.2. The van der Waals surface area contributed by atoms with Gasteiger partial charge in [-0.25, -0.2) is 0 Å². The van der Waals surface area contributed by atoms with Crippen LogP contribution in [0.15, 0.2) is 12.1 Å². The number of rotatable bonds is 2. The van der Waals surface area contributed by atoms with E-state index >= 15 is 0 Å². The third-order valence-electron chi connectivity index (χ3n) is 3.35. The molecular weight excluding hydrogens is 248 g/mol. The molecule has 0 atom stereocenters. The van der Waals surface area contributed by atoms with Crippen LogP contribution in [0, 0.1) is 0 Å². The minimum absolute atomic E-state index is 0.145. The monoisotopic (exact) mass is 264 g/mol. The first-order valence-corrected chi connectivity index (χ1v) is 6.32. The van der Waals surface area contributed by atoms with Gasteiger partial charge in [0.25, 0.3) is 5.91 Å². The maximum absolute atomic E-state index is 12.2. The molecule has 0 spiro atoms. The van der Waals surface area contributed by atoms with Gasteiger partial charge in [-0.3, -0.25) is 4.79 Å². The highest BCUT2D eigenvalue weighted by Crippen LogP contribution is 2.35. The number of benzene rings is 1. The van der Waals surface area contributed by atoms with E-state index in [0.717, 1.165) is 12.8 Å². The number of ether oxygens (including phenoxy) is 3. The Labute approximate surface area is 110 Å². The summed E-state index contributed by atoms with van der Waals surface area (Å²) in [6.07, 6.45) is 1.66. The molecule has 3 rings (SSSR count). The Morgan fingerprint density at radius 2 is 1.89 bits per heavy atom. The van der Waals surface area contributed by atoms with Crippen molar-refractivity contribution in [3.05, 3.63) is 17.7 Å². The molecule has 1 aromatic rings. The molecule has 0 aliphatic carbocycles. The van der Waals surface area contributed by atoms with Crippen molar-refractivity contribution >= 4 is 11.6 Å². The van der Waals surface area contributed by atoms with Crippen LogP contribution < -0.4 is 20.5 Å². The first-order chi connectivity index (χ1) is 9.24. The fourth-order valence-electron chi connectivity index (χ4n) is 2.26. The second-order valence-corrected chi connectivity index (χ2v) is 4.65. The van der Waals surface area contributed by atoms with E-state index in [1.807, 2.05) is 0 Å². The van der Waals surface area contributed by atoms with E-state index in [1.54, 1.807) is 12.1 Å². The highest BCUT2D eigenvalue weighted by molar-refractivity contribution is 6.00. The number of carbonyl (C=O) groups is 1. The fraction of sp³-hybridized carbons (Fsp3) is 0.462. The van der Waals surface area contributed by atoms with Gasteiger partial charge >= 0.3 is 0 Å². The standard InChI is InChI=1S/C13H16N2O4/c14-10-6-12-11(18-7-19-12)5-9(10)13(16)15-8-1-3-17-4-2-8/h5-6,8H,1-4,7,14H2,(H,15,16). The summed E-state index contributed by atoms with van der Waals surface area (Å²) < 4.78 is 15.7. The fourth-order valence-corrected chi connectivity index (χ4v) is 2.26. The number of fused-ring (bicyclic) bond motifs is 1. The molecule has 1 aromatic carbocycles. The predicted octanol–water partition coefficient (Wildman–Crippen LogP) is 0.906. The molecule has 6 nitrogen and oxygen atoms in total. The van der Waals surface area contributed by atoms with Crippen molar-refractivity contribution in [2.75, 3.05) is 25.7 Å². The van der Waals surface area contributed by atoms with Crippen molar-refractivity contribution in [2.24, 2.45) is 0 Å². The molecule has 0 aromatic heterocycles. The smallest absolute Gasteiger partial charge is 0.253 e. The summed E-state index contributed by atoms with van der Waals surface area (Å²) in [6.45, 7) is 1.53. The Morgan fingerprint density at radius 3 is 2.63 bits per heavy atom. The van der Waals surface area contributed by atoms with E-state index in [0.29, 0.717) is 36.0 Å². The topological polar surface area (TPSA) is 82.8 Å². The number of nitrogens with one attached hydrogen (secondary N) is 1. The van der Waals surface area contributed by atoms with Crippen molar-refractivity contribution in [1.82, 2.24) is 5.32 Å². The highest BCUT2D eigenvalue weighted by atomic mass is 16.7. The van der Waals surface area contributed by atoms with Gasteiger partial charge in [-0.2, -0.15) is 0 Å². The number of amides is 1. The number of carbonyl (C=O) groups excluding carboxylic acids is 1. The first-order valence-electron chi connectivity index (χ1n) is 6.32. The molecule has 102 valence electrons. The van der Waals surface area contributed by atoms with Crippen LogP contribution in [-0.4, -0.2) is 32.0 Å². The summed E-state index contributed by atoms with van der Waals surface area (Å²) in [5.74, 6) is 0.967. The molecule has 0 bridgehead atoms. The molecule has 2 aliphatic heterocycles. The molecule has 0 saturated carbocycles. The van der Waals surface area contributed by atoms with E-state index in [1.165, 1.54) is 0 Å². The molecule has 19 heavy (non-hydrogen) atoms. The van der Waals surface area contributed by atoms with Gasteiger partial charge in [0.15, 0.2) is 11.5 Å². The van der Waals surface area contributed by atoms with E-state index < -0.39 is 0 Å². The van der Waals surface area contributed by atoms with Crippen LogP contribution in [0.25, 0.3) is 0 Å². The molecular formula is C13H16N2O4. The van der Waals surface area contributed by atoms with Gasteiger partial charge in [0.2, 0.25) is 6.79 Å². The normalized spacial score (nSPS) is 18.3. The summed E-state index contributed by atoms with van der Waals surface area (Å²) in [5, 5.41) is 2.97. The maximum atomic E-state index is 12.2. The van der Waals surface area contributed by atoms with E-state index in [-0.39, 0.29) is 18.7 Å². The molecule has 2 aliphatic rings. The third-order valence-corrected chi connectivity index (χ3v) is 3.35. The minimum atomic E-state index is -0.178. The van der Waals surface area contributed by atoms with Gasteiger partial charge in [0, 0.05) is 31.0 Å². The highest BCUT2D eigenvalue weighted by Gasteiger charge is 2.22. The van der Waals surface area contributed by atoms with Crippen LogP contribution in [0.3, 0.4) is 0 Å². The van der Waals surface area contributed by atoms with E-state index in [2.05, 4.69) is 5.32 Å². The number of anilines is 1. The van der Waals surface area contributed by atoms with E-state index in [9.17, 15) is 4.79 Å². The van der Waals surface area contributed by atoms with Gasteiger partial charge in [0.05, 0.1) is 5.56 Å². The van der Waals surface area contributed by atoms with Crippen molar-refractivity contribution in [1.29, 1.82) is 0 Å². The van der Waals surface area contributed by atoms with Gasteiger partial charge in [-0.05, 0) is 18.9 Å². The average molecular weight is 264 g/mol. The largest absolute Gasteiger partial charge is 0.454 e. The van der Waals surface area contributed by atoms with E-state index in [4.69, 9.17) is 19.9 Å². The Balaban J connectivity index is 1.75. The van der Waals surface area contributed by atoms with Crippen molar-refractivity contribution in [2.45, 2.75) is 18.9 Å². The summed E-state index contributed by atoms with van der Waals surface area (Å²) in [5.41, 5.74) is 6.70. The third kappa shape index (κ3) is 2.44. The number of hydrogen-bond donors (Lipinski definition) is 2. The van der Waals surface area contributed by atoms with Crippen LogP contribution in [0.1, 0.15) is 23.2 Å². The Morgan fingerprint density at radius 1 is 1.21 bits per heavy atom. The minimum Gasteiger partial charge on any atom is -0.454 e. The lowest BCUT2D eigenvalue weighted by Crippen LogP contribution is -2.39. The quantitative estimate of drug-likeness (QED) is 0.776. The lowest BCUT2D eigenvalue weighted by atomic mass is 10.1. The first kappa shape index (κ1) is 12.1. The maximum Gasteiger partial charge on any atom is 0.253 e. The Hall–Kier alpha value is -1.95. The average Bonchev–Trinajstić information content (AvgIpc) is 2.86. The SMILES string of the molecule is Nc1cc2c(cc1C(=O)NC1CCOCC1)OCO2. The molecule has 0 unspecified atom stereocenters. The zero-order valence-corrected chi connectivity index (χ0v) is 10.5. The van der Waals surface area contributed by atoms with Crippen LogP contribution in [0.5, 0.6) is 11.5 Å². The van der Waals surface area contributed by atoms with Crippen molar-refractivity contribution < 1.29 is 19.0 Å².